The molecule has 118 valence electrons. The third-order valence-electron chi connectivity index (χ3n) is 3.41. The SMILES string of the molecule is C[C@@H]1CCN(C(=O)CC#N)[C@@H](CNC(=O)OC(C)(C)C)C1. The number of piperidine rings is 1. The maximum Gasteiger partial charge on any atom is 0.407 e. The van der Waals surface area contributed by atoms with Gasteiger partial charge >= 0.3 is 6.09 Å². The van der Waals surface area contributed by atoms with Crippen LogP contribution in [0.2, 0.25) is 0 Å². The Hall–Kier alpha value is -1.77. The zero-order valence-corrected chi connectivity index (χ0v) is 13.3. The first-order valence-corrected chi connectivity index (χ1v) is 7.36. The number of amides is 2. The highest BCUT2D eigenvalue weighted by Gasteiger charge is 2.30. The van der Waals surface area contributed by atoms with Gasteiger partial charge in [-0.15, -0.1) is 0 Å². The fourth-order valence-electron chi connectivity index (χ4n) is 2.46. The van der Waals surface area contributed by atoms with Crippen LogP contribution in [0.4, 0.5) is 4.79 Å². The normalized spacial score (nSPS) is 22.3. The Bertz CT molecular complexity index is 423. The van der Waals surface area contributed by atoms with Crippen LogP contribution in [-0.4, -0.2) is 41.6 Å². The van der Waals surface area contributed by atoms with Crippen molar-refractivity contribution in [1.82, 2.24) is 10.2 Å². The van der Waals surface area contributed by atoms with Crippen LogP contribution >= 0.6 is 0 Å². The number of carbonyl (C=O) groups excluding carboxylic acids is 2. The lowest BCUT2D eigenvalue weighted by molar-refractivity contribution is -0.134. The average molecular weight is 295 g/mol. The molecule has 1 rings (SSSR count). The van der Waals surface area contributed by atoms with Crippen molar-refractivity contribution >= 4 is 12.0 Å². The lowest BCUT2D eigenvalue weighted by Gasteiger charge is -2.38. The van der Waals surface area contributed by atoms with Crippen LogP contribution in [0, 0.1) is 17.2 Å². The smallest absolute Gasteiger partial charge is 0.407 e. The number of rotatable bonds is 3. The van der Waals surface area contributed by atoms with Gasteiger partial charge in [0.05, 0.1) is 6.07 Å². The third-order valence-corrected chi connectivity index (χ3v) is 3.41. The standard InChI is InChI=1S/C15H25N3O3/c1-11-6-8-18(13(19)5-7-16)12(9-11)10-17-14(20)21-15(2,3)4/h11-12H,5-6,8-10H2,1-4H3,(H,17,20)/t11-,12-/m1/s1. The highest BCUT2D eigenvalue weighted by Crippen LogP contribution is 2.22. The van der Waals surface area contributed by atoms with Gasteiger partial charge in [0.25, 0.3) is 0 Å². The molecule has 6 nitrogen and oxygen atoms in total. The first-order chi connectivity index (χ1) is 9.73. The second-order valence-corrected chi connectivity index (χ2v) is 6.59. The molecule has 1 fully saturated rings. The lowest BCUT2D eigenvalue weighted by atomic mass is 9.92. The van der Waals surface area contributed by atoms with E-state index in [9.17, 15) is 9.59 Å². The van der Waals surface area contributed by atoms with Crippen LogP contribution in [-0.2, 0) is 9.53 Å². The number of ether oxygens (including phenoxy) is 1. The zero-order chi connectivity index (χ0) is 16.0. The molecule has 0 aromatic rings. The van der Waals surface area contributed by atoms with E-state index < -0.39 is 11.7 Å². The minimum atomic E-state index is -0.541. The van der Waals surface area contributed by atoms with Gasteiger partial charge in [0.15, 0.2) is 0 Å². The summed E-state index contributed by atoms with van der Waals surface area (Å²) in [6.07, 6.45) is 1.16. The van der Waals surface area contributed by atoms with E-state index in [1.807, 2.05) is 6.07 Å². The molecule has 2 amide bonds. The van der Waals surface area contributed by atoms with Gasteiger partial charge in [0.2, 0.25) is 5.91 Å². The molecular weight excluding hydrogens is 270 g/mol. The lowest BCUT2D eigenvalue weighted by Crippen LogP contribution is -2.51. The molecule has 2 atom stereocenters. The molecule has 1 saturated heterocycles. The molecule has 0 aromatic heterocycles. The number of carbonyl (C=O) groups is 2. The Kier molecular flexibility index (Phi) is 6.01. The van der Waals surface area contributed by atoms with Gasteiger partial charge in [0.1, 0.15) is 12.0 Å². The van der Waals surface area contributed by atoms with Crippen LogP contribution in [0.25, 0.3) is 0 Å². The van der Waals surface area contributed by atoms with E-state index in [1.54, 1.807) is 25.7 Å². The highest BCUT2D eigenvalue weighted by atomic mass is 16.6. The minimum Gasteiger partial charge on any atom is -0.444 e. The summed E-state index contributed by atoms with van der Waals surface area (Å²) in [5.41, 5.74) is -0.541. The molecule has 1 aliphatic heterocycles. The molecular formula is C15H25N3O3. The van der Waals surface area contributed by atoms with E-state index in [4.69, 9.17) is 10.00 Å². The van der Waals surface area contributed by atoms with Gasteiger partial charge in [-0.3, -0.25) is 4.79 Å². The van der Waals surface area contributed by atoms with Gasteiger partial charge in [-0.1, -0.05) is 6.92 Å². The molecule has 1 N–H and O–H groups in total. The number of nitriles is 1. The highest BCUT2D eigenvalue weighted by molar-refractivity contribution is 5.78. The number of nitrogens with one attached hydrogen (secondary N) is 1. The van der Waals surface area contributed by atoms with Gasteiger partial charge in [-0.05, 0) is 39.5 Å². The maximum absolute atomic E-state index is 11.9. The number of alkyl carbamates (subject to hydrolysis) is 1. The summed E-state index contributed by atoms with van der Waals surface area (Å²) in [5, 5.41) is 11.4. The van der Waals surface area contributed by atoms with Crippen LogP contribution < -0.4 is 5.32 Å². The summed E-state index contributed by atoms with van der Waals surface area (Å²) in [5.74, 6) is 0.335. The molecule has 6 heteroatoms. The van der Waals surface area contributed by atoms with E-state index >= 15 is 0 Å². The summed E-state index contributed by atoms with van der Waals surface area (Å²) in [6.45, 7) is 8.54. The summed E-state index contributed by atoms with van der Waals surface area (Å²) < 4.78 is 5.19. The number of hydrogen-bond donors (Lipinski definition) is 1. The van der Waals surface area contributed by atoms with Crippen LogP contribution in [0.1, 0.15) is 47.0 Å². The molecule has 0 aromatic carbocycles. The third kappa shape index (κ3) is 6.03. The second kappa shape index (κ2) is 7.30. The van der Waals surface area contributed by atoms with E-state index in [0.29, 0.717) is 19.0 Å². The fraction of sp³-hybridized carbons (Fsp3) is 0.800. The molecule has 0 spiro atoms. The summed E-state index contributed by atoms with van der Waals surface area (Å²) in [6, 6.07) is 1.82. The largest absolute Gasteiger partial charge is 0.444 e. The van der Waals surface area contributed by atoms with E-state index in [1.165, 1.54) is 0 Å². The zero-order valence-electron chi connectivity index (χ0n) is 13.3. The topological polar surface area (TPSA) is 82.4 Å². The van der Waals surface area contributed by atoms with Crippen molar-refractivity contribution in [2.75, 3.05) is 13.1 Å². The van der Waals surface area contributed by atoms with Crippen molar-refractivity contribution in [3.63, 3.8) is 0 Å². The van der Waals surface area contributed by atoms with Crippen molar-refractivity contribution in [2.24, 2.45) is 5.92 Å². The molecule has 0 bridgehead atoms. The predicted octanol–water partition coefficient (Wildman–Crippen LogP) is 2.05. The van der Waals surface area contributed by atoms with Crippen molar-refractivity contribution in [1.29, 1.82) is 5.26 Å². The monoisotopic (exact) mass is 295 g/mol. The summed E-state index contributed by atoms with van der Waals surface area (Å²) in [4.78, 5) is 25.4. The van der Waals surface area contributed by atoms with E-state index in [2.05, 4.69) is 12.2 Å². The van der Waals surface area contributed by atoms with E-state index in [0.717, 1.165) is 12.8 Å². The molecule has 0 unspecified atom stereocenters. The van der Waals surface area contributed by atoms with Crippen molar-refractivity contribution in [2.45, 2.75) is 58.6 Å². The minimum absolute atomic E-state index is 0.0675. The van der Waals surface area contributed by atoms with Crippen LogP contribution in [0.5, 0.6) is 0 Å². The summed E-state index contributed by atoms with van der Waals surface area (Å²) in [7, 11) is 0. The summed E-state index contributed by atoms with van der Waals surface area (Å²) >= 11 is 0. The van der Waals surface area contributed by atoms with Crippen molar-refractivity contribution in [3.8, 4) is 6.07 Å². The first kappa shape index (κ1) is 17.3. The van der Waals surface area contributed by atoms with Gasteiger partial charge in [0, 0.05) is 19.1 Å². The molecule has 0 radical (unpaired) electrons. The second-order valence-electron chi connectivity index (χ2n) is 6.59. The van der Waals surface area contributed by atoms with Crippen LogP contribution in [0.15, 0.2) is 0 Å². The first-order valence-electron chi connectivity index (χ1n) is 7.36. The van der Waals surface area contributed by atoms with E-state index in [-0.39, 0.29) is 18.4 Å². The van der Waals surface area contributed by atoms with Gasteiger partial charge < -0.3 is 15.0 Å². The molecule has 0 aliphatic carbocycles. The van der Waals surface area contributed by atoms with Crippen LogP contribution in [0.3, 0.4) is 0 Å². The van der Waals surface area contributed by atoms with Crippen molar-refractivity contribution < 1.29 is 14.3 Å². The Morgan fingerprint density at radius 1 is 1.43 bits per heavy atom. The Morgan fingerprint density at radius 2 is 2.10 bits per heavy atom. The quantitative estimate of drug-likeness (QED) is 0.864. The molecule has 21 heavy (non-hydrogen) atoms. The van der Waals surface area contributed by atoms with Crippen molar-refractivity contribution in [3.05, 3.63) is 0 Å². The number of nitrogens with zero attached hydrogens (tertiary/aromatic N) is 2. The molecule has 1 heterocycles. The van der Waals surface area contributed by atoms with Gasteiger partial charge in [-0.2, -0.15) is 5.26 Å². The molecule has 1 aliphatic rings. The Morgan fingerprint density at radius 3 is 2.67 bits per heavy atom. The number of likely N-dealkylation sites (tertiary alicyclic amines) is 1. The predicted molar refractivity (Wildman–Crippen MR) is 78.4 cm³/mol. The molecule has 0 saturated carbocycles. The van der Waals surface area contributed by atoms with Gasteiger partial charge in [-0.25, -0.2) is 4.79 Å². The maximum atomic E-state index is 11.9. The number of hydrogen-bond acceptors (Lipinski definition) is 4. The fourth-order valence-corrected chi connectivity index (χ4v) is 2.46. The Balaban J connectivity index is 2.57. The average Bonchev–Trinajstić information content (AvgIpc) is 2.34. The Labute approximate surface area is 126 Å².